The van der Waals surface area contributed by atoms with Gasteiger partial charge in [-0.05, 0) is 66.8 Å². The van der Waals surface area contributed by atoms with Gasteiger partial charge in [-0.2, -0.15) is 0 Å². The summed E-state index contributed by atoms with van der Waals surface area (Å²) < 4.78 is 20.7. The number of hydrogen-bond acceptors (Lipinski definition) is 5. The molecule has 0 bridgehead atoms. The number of nitrogens with two attached hydrogens (primary N) is 1. The number of nitrogens with zero attached hydrogens (tertiary/aromatic N) is 3. The van der Waals surface area contributed by atoms with Crippen LogP contribution in [0, 0.1) is 5.82 Å². The number of methoxy groups -OCH3 is 1. The van der Waals surface area contributed by atoms with E-state index in [-0.39, 0.29) is 18.1 Å². The summed E-state index contributed by atoms with van der Waals surface area (Å²) in [6, 6.07) is 12.0. The summed E-state index contributed by atoms with van der Waals surface area (Å²) in [5.74, 6) is -0.0791. The van der Waals surface area contributed by atoms with Gasteiger partial charge in [0.2, 0.25) is 5.91 Å². The number of aromatic nitrogens is 3. The summed E-state index contributed by atoms with van der Waals surface area (Å²) in [5.41, 5.74) is 12.7. The topological polar surface area (TPSA) is 95.1 Å². The number of fused-ring (bicyclic) bond motifs is 3. The van der Waals surface area contributed by atoms with Crippen molar-refractivity contribution in [2.24, 2.45) is 0 Å². The second kappa shape index (κ2) is 7.96. The Bertz CT molecular complexity index is 1330. The Labute approximate surface area is 184 Å². The standard InChI is InChI=1S/C24H22FN5O2/c1-32-20-11-14(5-10-18(20)25)12-21(31)29-15-6-8-16(9-7-15)30-19-4-2-3-17(19)22-23(30)24(26)28-13-27-22/h5-11,13H,2-4,12H2,1H3,(H,29,31)(H2,26,27,28). The number of carbonyl (C=O) groups is 1. The molecule has 0 radical (unpaired) electrons. The van der Waals surface area contributed by atoms with Crippen LogP contribution in [0.5, 0.6) is 5.75 Å². The van der Waals surface area contributed by atoms with Crippen LogP contribution in [0.2, 0.25) is 0 Å². The summed E-state index contributed by atoms with van der Waals surface area (Å²) in [5, 5.41) is 2.88. The molecule has 4 aromatic rings. The fourth-order valence-corrected chi connectivity index (χ4v) is 4.38. The molecule has 0 atom stereocenters. The molecular weight excluding hydrogens is 409 g/mol. The highest BCUT2D eigenvalue weighted by Gasteiger charge is 2.25. The van der Waals surface area contributed by atoms with Crippen molar-refractivity contribution in [2.75, 3.05) is 18.2 Å². The van der Waals surface area contributed by atoms with Crippen molar-refractivity contribution in [3.8, 4) is 11.4 Å². The van der Waals surface area contributed by atoms with Gasteiger partial charge in [0.15, 0.2) is 17.4 Å². The number of rotatable bonds is 5. The number of anilines is 2. The zero-order valence-electron chi connectivity index (χ0n) is 17.6. The minimum atomic E-state index is -0.456. The molecule has 0 fully saturated rings. The van der Waals surface area contributed by atoms with Crippen LogP contribution in [0.1, 0.15) is 23.2 Å². The lowest BCUT2D eigenvalue weighted by Crippen LogP contribution is -2.14. The zero-order valence-corrected chi connectivity index (χ0v) is 17.6. The second-order valence-corrected chi connectivity index (χ2v) is 7.81. The van der Waals surface area contributed by atoms with E-state index in [1.54, 1.807) is 6.07 Å². The third-order valence-electron chi connectivity index (χ3n) is 5.81. The molecule has 3 N–H and O–H groups in total. The van der Waals surface area contributed by atoms with Crippen LogP contribution in [0.25, 0.3) is 16.7 Å². The first-order chi connectivity index (χ1) is 15.5. The van der Waals surface area contributed by atoms with Crippen LogP contribution in [0.15, 0.2) is 48.8 Å². The minimum Gasteiger partial charge on any atom is -0.494 e. The Balaban J connectivity index is 1.38. The highest BCUT2D eigenvalue weighted by molar-refractivity contribution is 5.93. The zero-order chi connectivity index (χ0) is 22.2. The maximum Gasteiger partial charge on any atom is 0.228 e. The summed E-state index contributed by atoms with van der Waals surface area (Å²) in [7, 11) is 1.40. The first-order valence-electron chi connectivity index (χ1n) is 10.4. The van der Waals surface area contributed by atoms with E-state index in [2.05, 4.69) is 19.9 Å². The highest BCUT2D eigenvalue weighted by Crippen LogP contribution is 2.36. The van der Waals surface area contributed by atoms with Crippen LogP contribution in [-0.2, 0) is 24.1 Å². The first kappa shape index (κ1) is 20.0. The largest absolute Gasteiger partial charge is 0.494 e. The van der Waals surface area contributed by atoms with Gasteiger partial charge in [0, 0.05) is 17.1 Å². The molecule has 2 aromatic heterocycles. The molecule has 0 spiro atoms. The molecule has 0 saturated carbocycles. The lowest BCUT2D eigenvalue weighted by molar-refractivity contribution is -0.115. The fourth-order valence-electron chi connectivity index (χ4n) is 4.38. The predicted molar refractivity (Wildman–Crippen MR) is 121 cm³/mol. The lowest BCUT2D eigenvalue weighted by atomic mass is 10.1. The molecule has 32 heavy (non-hydrogen) atoms. The Morgan fingerprint density at radius 3 is 2.78 bits per heavy atom. The monoisotopic (exact) mass is 431 g/mol. The van der Waals surface area contributed by atoms with E-state index in [9.17, 15) is 9.18 Å². The normalized spacial score (nSPS) is 12.7. The van der Waals surface area contributed by atoms with Gasteiger partial charge in [-0.1, -0.05) is 6.07 Å². The Morgan fingerprint density at radius 1 is 1.19 bits per heavy atom. The number of carbonyl (C=O) groups excluding carboxylic acids is 1. The van der Waals surface area contributed by atoms with Crippen LogP contribution < -0.4 is 15.8 Å². The number of ether oxygens (including phenoxy) is 1. The number of hydrogen-bond donors (Lipinski definition) is 2. The SMILES string of the molecule is COc1cc(CC(=O)Nc2ccc(-n3c4c(c5ncnc(N)c53)CCC4)cc2)ccc1F. The molecule has 1 amide bonds. The molecule has 2 heterocycles. The molecule has 0 unspecified atom stereocenters. The quantitative estimate of drug-likeness (QED) is 0.501. The lowest BCUT2D eigenvalue weighted by Gasteiger charge is -2.12. The van der Waals surface area contributed by atoms with E-state index >= 15 is 0 Å². The van der Waals surface area contributed by atoms with Crippen molar-refractivity contribution in [3.05, 3.63) is 71.4 Å². The summed E-state index contributed by atoms with van der Waals surface area (Å²) >= 11 is 0. The van der Waals surface area contributed by atoms with Crippen molar-refractivity contribution in [2.45, 2.75) is 25.7 Å². The van der Waals surface area contributed by atoms with E-state index in [0.29, 0.717) is 17.1 Å². The number of halogens is 1. The van der Waals surface area contributed by atoms with E-state index < -0.39 is 5.82 Å². The van der Waals surface area contributed by atoms with E-state index in [1.807, 2.05) is 24.3 Å². The average molecular weight is 431 g/mol. The van der Waals surface area contributed by atoms with Gasteiger partial charge in [0.05, 0.1) is 19.0 Å². The van der Waals surface area contributed by atoms with Crippen molar-refractivity contribution in [1.29, 1.82) is 0 Å². The number of aryl methyl sites for hydroxylation is 1. The average Bonchev–Trinajstić information content (AvgIpc) is 3.38. The molecule has 5 rings (SSSR count). The van der Waals surface area contributed by atoms with E-state index in [0.717, 1.165) is 36.0 Å². The number of benzene rings is 2. The number of nitrogen functional groups attached to an aromatic ring is 1. The van der Waals surface area contributed by atoms with E-state index in [4.69, 9.17) is 10.5 Å². The van der Waals surface area contributed by atoms with E-state index in [1.165, 1.54) is 36.8 Å². The summed E-state index contributed by atoms with van der Waals surface area (Å²) in [4.78, 5) is 21.1. The van der Waals surface area contributed by atoms with Gasteiger partial charge < -0.3 is 20.4 Å². The molecule has 0 aliphatic heterocycles. The van der Waals surface area contributed by atoms with Crippen molar-refractivity contribution in [1.82, 2.24) is 14.5 Å². The molecule has 1 aliphatic rings. The minimum absolute atomic E-state index is 0.113. The van der Waals surface area contributed by atoms with Gasteiger partial charge in [0.1, 0.15) is 11.8 Å². The third-order valence-corrected chi connectivity index (χ3v) is 5.81. The van der Waals surface area contributed by atoms with Gasteiger partial charge >= 0.3 is 0 Å². The van der Waals surface area contributed by atoms with Gasteiger partial charge in [-0.15, -0.1) is 0 Å². The predicted octanol–water partition coefficient (Wildman–Crippen LogP) is 3.82. The smallest absolute Gasteiger partial charge is 0.228 e. The molecule has 1 aliphatic carbocycles. The van der Waals surface area contributed by atoms with Crippen LogP contribution in [0.3, 0.4) is 0 Å². The molecule has 8 heteroatoms. The molecule has 0 saturated heterocycles. The molecule has 7 nitrogen and oxygen atoms in total. The highest BCUT2D eigenvalue weighted by atomic mass is 19.1. The molecular formula is C24H22FN5O2. The van der Waals surface area contributed by atoms with Crippen molar-refractivity contribution in [3.63, 3.8) is 0 Å². The second-order valence-electron chi connectivity index (χ2n) is 7.81. The van der Waals surface area contributed by atoms with Gasteiger partial charge in [-0.25, -0.2) is 14.4 Å². The van der Waals surface area contributed by atoms with Gasteiger partial charge in [0.25, 0.3) is 0 Å². The summed E-state index contributed by atoms with van der Waals surface area (Å²) in [6.07, 6.45) is 4.66. The van der Waals surface area contributed by atoms with Crippen molar-refractivity contribution < 1.29 is 13.9 Å². The van der Waals surface area contributed by atoms with Crippen LogP contribution in [0.4, 0.5) is 15.9 Å². The van der Waals surface area contributed by atoms with Gasteiger partial charge in [-0.3, -0.25) is 4.79 Å². The maximum absolute atomic E-state index is 13.6. The number of amides is 1. The Hall–Kier alpha value is -3.94. The maximum atomic E-state index is 13.6. The Kier molecular flexibility index (Phi) is 4.97. The number of nitrogens with one attached hydrogen (secondary N) is 1. The first-order valence-corrected chi connectivity index (χ1v) is 10.4. The summed E-state index contributed by atoms with van der Waals surface area (Å²) in [6.45, 7) is 0. The van der Waals surface area contributed by atoms with Crippen molar-refractivity contribution >= 4 is 28.4 Å². The fraction of sp³-hybridized carbons (Fsp3) is 0.208. The molecule has 2 aromatic carbocycles. The molecule has 162 valence electrons. The van der Waals surface area contributed by atoms with Crippen LogP contribution >= 0.6 is 0 Å². The Morgan fingerprint density at radius 2 is 2.00 bits per heavy atom. The third kappa shape index (κ3) is 3.43. The van der Waals surface area contributed by atoms with Crippen LogP contribution in [-0.4, -0.2) is 27.6 Å².